The number of benzene rings is 1. The predicted octanol–water partition coefficient (Wildman–Crippen LogP) is 3.75. The molecule has 94 valence electrons. The Kier molecular flexibility index (Phi) is 4.50. The summed E-state index contributed by atoms with van der Waals surface area (Å²) in [6.07, 6.45) is 1.92. The highest BCUT2D eigenvalue weighted by Crippen LogP contribution is 2.18. The Hall–Kier alpha value is -1.19. The minimum absolute atomic E-state index is 0.841. The molecule has 0 saturated heterocycles. The molecular weight excluding hydrogens is 288 g/mol. The molecule has 2 aromatic rings. The first-order valence-electron chi connectivity index (χ1n) is 6.02. The maximum Gasteiger partial charge on any atom is 0.0372 e. The fourth-order valence-corrected chi connectivity index (χ4v) is 2.37. The maximum atomic E-state index is 4.28. The second-order valence-corrected chi connectivity index (χ2v) is 5.36. The molecule has 0 aliphatic carbocycles. The molecule has 2 rings (SSSR count). The van der Waals surface area contributed by atoms with Gasteiger partial charge in [-0.05, 0) is 42.7 Å². The molecule has 0 saturated carbocycles. The van der Waals surface area contributed by atoms with Crippen LogP contribution >= 0.6 is 15.9 Å². The minimum Gasteiger partial charge on any atom is -0.309 e. The van der Waals surface area contributed by atoms with Gasteiger partial charge in [-0.15, -0.1) is 0 Å². The number of pyridine rings is 1. The lowest BCUT2D eigenvalue weighted by Gasteiger charge is -2.08. The summed E-state index contributed by atoms with van der Waals surface area (Å²) in [6, 6.07) is 10.6. The number of halogens is 1. The highest BCUT2D eigenvalue weighted by molar-refractivity contribution is 9.10. The lowest BCUT2D eigenvalue weighted by molar-refractivity contribution is 0.689. The molecule has 1 aromatic carbocycles. The van der Waals surface area contributed by atoms with Gasteiger partial charge >= 0.3 is 0 Å². The fourth-order valence-electron chi connectivity index (χ4n) is 1.74. The standard InChI is InChI=1S/C15H17BrN2/c1-11-3-6-14(15(16)7-11)10-17-8-13-5-4-12(2)18-9-13/h3-7,9,17H,8,10H2,1-2H3. The van der Waals surface area contributed by atoms with Gasteiger partial charge in [0.05, 0.1) is 0 Å². The summed E-state index contributed by atoms with van der Waals surface area (Å²) in [5.41, 5.74) is 4.82. The molecule has 0 atom stereocenters. The monoisotopic (exact) mass is 304 g/mol. The van der Waals surface area contributed by atoms with Crippen molar-refractivity contribution in [3.8, 4) is 0 Å². The summed E-state index contributed by atoms with van der Waals surface area (Å²) in [6.45, 7) is 5.79. The van der Waals surface area contributed by atoms with E-state index in [1.165, 1.54) is 16.7 Å². The van der Waals surface area contributed by atoms with E-state index in [9.17, 15) is 0 Å². The van der Waals surface area contributed by atoms with E-state index in [1.54, 1.807) is 0 Å². The Bertz CT molecular complexity index is 521. The molecule has 0 aliphatic heterocycles. The lowest BCUT2D eigenvalue weighted by atomic mass is 10.1. The number of aryl methyl sites for hydroxylation is 2. The zero-order chi connectivity index (χ0) is 13.0. The van der Waals surface area contributed by atoms with Crippen molar-refractivity contribution in [2.45, 2.75) is 26.9 Å². The highest BCUT2D eigenvalue weighted by atomic mass is 79.9. The van der Waals surface area contributed by atoms with Crippen LogP contribution in [0.15, 0.2) is 41.0 Å². The van der Waals surface area contributed by atoms with Crippen LogP contribution in [0.25, 0.3) is 0 Å². The number of aromatic nitrogens is 1. The molecule has 0 aliphatic rings. The van der Waals surface area contributed by atoms with E-state index in [4.69, 9.17) is 0 Å². The third-order valence-electron chi connectivity index (χ3n) is 2.83. The third kappa shape index (κ3) is 3.65. The van der Waals surface area contributed by atoms with E-state index in [-0.39, 0.29) is 0 Å². The van der Waals surface area contributed by atoms with E-state index < -0.39 is 0 Å². The zero-order valence-electron chi connectivity index (χ0n) is 10.7. The summed E-state index contributed by atoms with van der Waals surface area (Å²) in [5.74, 6) is 0. The molecule has 1 aromatic heterocycles. The van der Waals surface area contributed by atoms with Gasteiger partial charge in [0.1, 0.15) is 0 Å². The van der Waals surface area contributed by atoms with Crippen LogP contribution in [0, 0.1) is 13.8 Å². The van der Waals surface area contributed by atoms with Crippen LogP contribution < -0.4 is 5.32 Å². The second kappa shape index (κ2) is 6.12. The van der Waals surface area contributed by atoms with Crippen molar-refractivity contribution < 1.29 is 0 Å². The minimum atomic E-state index is 0.841. The molecule has 0 spiro atoms. The van der Waals surface area contributed by atoms with Crippen LogP contribution in [0.5, 0.6) is 0 Å². The van der Waals surface area contributed by atoms with Gasteiger partial charge in [0.15, 0.2) is 0 Å². The number of nitrogens with one attached hydrogen (secondary N) is 1. The van der Waals surface area contributed by atoms with Crippen LogP contribution in [-0.2, 0) is 13.1 Å². The summed E-state index contributed by atoms with van der Waals surface area (Å²) in [7, 11) is 0. The predicted molar refractivity (Wildman–Crippen MR) is 78.4 cm³/mol. The average molecular weight is 305 g/mol. The number of hydrogen-bond donors (Lipinski definition) is 1. The largest absolute Gasteiger partial charge is 0.309 e. The Labute approximate surface area is 117 Å². The molecule has 0 fully saturated rings. The van der Waals surface area contributed by atoms with Crippen molar-refractivity contribution in [3.05, 3.63) is 63.4 Å². The molecule has 0 radical (unpaired) electrons. The summed E-state index contributed by atoms with van der Waals surface area (Å²) in [4.78, 5) is 4.28. The molecule has 18 heavy (non-hydrogen) atoms. The number of nitrogens with zero attached hydrogens (tertiary/aromatic N) is 1. The van der Waals surface area contributed by atoms with Crippen molar-refractivity contribution in [2.24, 2.45) is 0 Å². The second-order valence-electron chi connectivity index (χ2n) is 4.51. The third-order valence-corrected chi connectivity index (χ3v) is 3.56. The Morgan fingerprint density at radius 3 is 2.61 bits per heavy atom. The SMILES string of the molecule is Cc1ccc(CNCc2ccc(C)nc2)c(Br)c1. The van der Waals surface area contributed by atoms with Crippen molar-refractivity contribution >= 4 is 15.9 Å². The van der Waals surface area contributed by atoms with E-state index in [1.807, 2.05) is 19.2 Å². The molecule has 2 nitrogen and oxygen atoms in total. The average Bonchev–Trinajstić information content (AvgIpc) is 2.34. The first kappa shape index (κ1) is 13.2. The summed E-state index contributed by atoms with van der Waals surface area (Å²) in [5, 5.41) is 3.43. The Morgan fingerprint density at radius 2 is 1.94 bits per heavy atom. The first-order chi connectivity index (χ1) is 8.65. The van der Waals surface area contributed by atoms with E-state index >= 15 is 0 Å². The van der Waals surface area contributed by atoms with Crippen molar-refractivity contribution in [2.75, 3.05) is 0 Å². The molecule has 0 bridgehead atoms. The molecule has 0 amide bonds. The van der Waals surface area contributed by atoms with Gasteiger partial charge in [-0.1, -0.05) is 34.1 Å². The number of rotatable bonds is 4. The van der Waals surface area contributed by atoms with Crippen LogP contribution in [0.2, 0.25) is 0 Å². The van der Waals surface area contributed by atoms with Gasteiger partial charge in [-0.2, -0.15) is 0 Å². The van der Waals surface area contributed by atoms with E-state index in [0.717, 1.165) is 23.3 Å². The lowest BCUT2D eigenvalue weighted by Crippen LogP contribution is -2.13. The summed E-state index contributed by atoms with van der Waals surface area (Å²) < 4.78 is 1.16. The number of hydrogen-bond acceptors (Lipinski definition) is 2. The smallest absolute Gasteiger partial charge is 0.0372 e. The molecule has 3 heteroatoms. The normalized spacial score (nSPS) is 10.6. The Morgan fingerprint density at radius 1 is 1.11 bits per heavy atom. The fraction of sp³-hybridized carbons (Fsp3) is 0.267. The van der Waals surface area contributed by atoms with Crippen LogP contribution in [0.4, 0.5) is 0 Å². The van der Waals surface area contributed by atoms with E-state index in [2.05, 4.69) is 57.4 Å². The zero-order valence-corrected chi connectivity index (χ0v) is 12.3. The molecular formula is C15H17BrN2. The van der Waals surface area contributed by atoms with Gasteiger partial charge < -0.3 is 5.32 Å². The maximum absolute atomic E-state index is 4.28. The molecule has 1 heterocycles. The van der Waals surface area contributed by atoms with Crippen molar-refractivity contribution in [1.82, 2.24) is 10.3 Å². The van der Waals surface area contributed by atoms with E-state index in [0.29, 0.717) is 0 Å². The van der Waals surface area contributed by atoms with Crippen LogP contribution in [0.1, 0.15) is 22.4 Å². The van der Waals surface area contributed by atoms with Crippen LogP contribution in [0.3, 0.4) is 0 Å². The van der Waals surface area contributed by atoms with Crippen LogP contribution in [-0.4, -0.2) is 4.98 Å². The molecule has 0 unspecified atom stereocenters. The first-order valence-corrected chi connectivity index (χ1v) is 6.82. The van der Waals surface area contributed by atoms with Gasteiger partial charge in [0, 0.05) is 29.5 Å². The quantitative estimate of drug-likeness (QED) is 0.930. The van der Waals surface area contributed by atoms with Gasteiger partial charge in [-0.25, -0.2) is 0 Å². The highest BCUT2D eigenvalue weighted by Gasteiger charge is 2.00. The molecule has 1 N–H and O–H groups in total. The van der Waals surface area contributed by atoms with Gasteiger partial charge in [0.25, 0.3) is 0 Å². The summed E-state index contributed by atoms with van der Waals surface area (Å²) >= 11 is 3.59. The Balaban J connectivity index is 1.90. The van der Waals surface area contributed by atoms with Crippen molar-refractivity contribution in [3.63, 3.8) is 0 Å². The van der Waals surface area contributed by atoms with Crippen molar-refractivity contribution in [1.29, 1.82) is 0 Å². The van der Waals surface area contributed by atoms with Gasteiger partial charge in [-0.3, -0.25) is 4.98 Å². The topological polar surface area (TPSA) is 24.9 Å². The van der Waals surface area contributed by atoms with Gasteiger partial charge in [0.2, 0.25) is 0 Å².